The molecule has 1 unspecified atom stereocenters. The van der Waals surface area contributed by atoms with Gasteiger partial charge in [-0.15, -0.1) is 11.3 Å². The van der Waals surface area contributed by atoms with Crippen LogP contribution in [0.3, 0.4) is 0 Å². The van der Waals surface area contributed by atoms with Crippen LogP contribution in [0.1, 0.15) is 44.5 Å². The van der Waals surface area contributed by atoms with Crippen LogP contribution in [0, 0.1) is 5.92 Å². The first-order valence-electron chi connectivity index (χ1n) is 9.26. The smallest absolute Gasteiger partial charge is 0.341 e. The summed E-state index contributed by atoms with van der Waals surface area (Å²) in [5, 5.41) is 3.15. The Kier molecular flexibility index (Phi) is 6.53. The van der Waals surface area contributed by atoms with Gasteiger partial charge in [0.05, 0.1) is 25.3 Å². The fourth-order valence-corrected chi connectivity index (χ4v) is 4.70. The number of hydrogen-bond donors (Lipinski definition) is 1. The highest BCUT2D eigenvalue weighted by Gasteiger charge is 2.29. The second kappa shape index (κ2) is 9.09. The summed E-state index contributed by atoms with van der Waals surface area (Å²) in [6.45, 7) is 1.70. The van der Waals surface area contributed by atoms with Gasteiger partial charge in [0.25, 0.3) is 5.91 Å². The number of nitrogens with one attached hydrogen (secondary N) is 1. The van der Waals surface area contributed by atoms with E-state index >= 15 is 0 Å². The van der Waals surface area contributed by atoms with Crippen molar-refractivity contribution >= 4 is 34.2 Å². The average molecular weight is 417 g/mol. The highest BCUT2D eigenvalue weighted by molar-refractivity contribution is 7.17. The molecule has 0 radical (unpaired) electrons. The third-order valence-electron chi connectivity index (χ3n) is 4.79. The van der Waals surface area contributed by atoms with E-state index in [1.54, 1.807) is 18.2 Å². The van der Waals surface area contributed by atoms with Crippen LogP contribution in [0.2, 0.25) is 0 Å². The van der Waals surface area contributed by atoms with Crippen molar-refractivity contribution in [2.24, 2.45) is 5.92 Å². The highest BCUT2D eigenvalue weighted by atomic mass is 32.1. The third-order valence-corrected chi connectivity index (χ3v) is 5.96. The minimum absolute atomic E-state index is 0.285. The molecular formula is C21H23NO6S. The lowest BCUT2D eigenvalue weighted by Gasteiger charge is -2.18. The van der Waals surface area contributed by atoms with E-state index in [-0.39, 0.29) is 5.56 Å². The number of amides is 1. The third kappa shape index (κ3) is 4.76. The molecule has 1 aliphatic carbocycles. The molecule has 1 aromatic carbocycles. The van der Waals surface area contributed by atoms with Crippen molar-refractivity contribution < 1.29 is 28.6 Å². The zero-order chi connectivity index (χ0) is 21.0. The first-order chi connectivity index (χ1) is 13.9. The molecule has 0 aliphatic heterocycles. The molecule has 2 aromatic rings. The predicted octanol–water partition coefficient (Wildman–Crippen LogP) is 3.46. The number of thiophene rings is 1. The number of esters is 2. The monoisotopic (exact) mass is 417 g/mol. The van der Waals surface area contributed by atoms with Gasteiger partial charge in [0.15, 0.2) is 6.61 Å². The van der Waals surface area contributed by atoms with Gasteiger partial charge in [-0.2, -0.15) is 0 Å². The van der Waals surface area contributed by atoms with Gasteiger partial charge in [-0.3, -0.25) is 4.79 Å². The fraction of sp³-hybridized carbons (Fsp3) is 0.381. The standard InChI is InChI=1S/C21H23NO6S/c1-12-7-8-15-16(9-12)29-19(18(15)21(25)27-3)22-17(23)11-28-20(24)13-5-4-6-14(10-13)26-2/h4-6,10,12H,7-9,11H2,1-3H3,(H,22,23). The molecule has 1 atom stereocenters. The zero-order valence-electron chi connectivity index (χ0n) is 16.6. The number of carbonyl (C=O) groups is 3. The first kappa shape index (κ1) is 20.9. The largest absolute Gasteiger partial charge is 0.497 e. The van der Waals surface area contributed by atoms with Gasteiger partial charge >= 0.3 is 11.9 Å². The van der Waals surface area contributed by atoms with E-state index in [0.717, 1.165) is 29.7 Å². The van der Waals surface area contributed by atoms with Crippen molar-refractivity contribution in [1.29, 1.82) is 0 Å². The summed E-state index contributed by atoms with van der Waals surface area (Å²) in [5.41, 5.74) is 1.64. The van der Waals surface area contributed by atoms with Crippen molar-refractivity contribution in [2.75, 3.05) is 26.1 Å². The molecule has 0 saturated carbocycles. The van der Waals surface area contributed by atoms with Gasteiger partial charge in [-0.1, -0.05) is 13.0 Å². The summed E-state index contributed by atoms with van der Waals surface area (Å²) < 4.78 is 15.1. The summed E-state index contributed by atoms with van der Waals surface area (Å²) >= 11 is 1.38. The maximum atomic E-state index is 12.4. The van der Waals surface area contributed by atoms with E-state index in [1.165, 1.54) is 31.6 Å². The Balaban J connectivity index is 1.69. The molecule has 0 spiro atoms. The molecule has 1 amide bonds. The Labute approximate surface area is 173 Å². The van der Waals surface area contributed by atoms with Gasteiger partial charge in [0.1, 0.15) is 10.8 Å². The fourth-order valence-electron chi connectivity index (χ4n) is 3.28. The Bertz CT molecular complexity index is 935. The molecule has 1 aliphatic rings. The SMILES string of the molecule is COC(=O)c1c(NC(=O)COC(=O)c2cccc(OC)c2)sc2c1CCC(C)C2. The minimum atomic E-state index is -0.633. The van der Waals surface area contributed by atoms with Crippen LogP contribution >= 0.6 is 11.3 Å². The van der Waals surface area contributed by atoms with Crippen LogP contribution in [-0.4, -0.2) is 38.7 Å². The lowest BCUT2D eigenvalue weighted by molar-refractivity contribution is -0.119. The first-order valence-corrected chi connectivity index (χ1v) is 10.1. The number of benzene rings is 1. The number of methoxy groups -OCH3 is 2. The van der Waals surface area contributed by atoms with E-state index in [4.69, 9.17) is 14.2 Å². The number of fused-ring (bicyclic) bond motifs is 1. The van der Waals surface area contributed by atoms with Crippen LogP contribution in [0.4, 0.5) is 5.00 Å². The molecule has 8 heteroatoms. The van der Waals surface area contributed by atoms with E-state index in [1.807, 2.05) is 0 Å². The van der Waals surface area contributed by atoms with Crippen molar-refractivity contribution in [3.8, 4) is 5.75 Å². The van der Waals surface area contributed by atoms with E-state index in [9.17, 15) is 14.4 Å². The van der Waals surface area contributed by atoms with E-state index in [2.05, 4.69) is 12.2 Å². The van der Waals surface area contributed by atoms with Gasteiger partial charge < -0.3 is 19.5 Å². The maximum absolute atomic E-state index is 12.4. The molecular weight excluding hydrogens is 394 g/mol. The Morgan fingerprint density at radius 3 is 2.72 bits per heavy atom. The van der Waals surface area contributed by atoms with Crippen LogP contribution in [0.5, 0.6) is 5.75 Å². The Morgan fingerprint density at radius 1 is 1.21 bits per heavy atom. The average Bonchev–Trinajstić information content (AvgIpc) is 3.08. The summed E-state index contributed by atoms with van der Waals surface area (Å²) in [7, 11) is 2.82. The predicted molar refractivity (Wildman–Crippen MR) is 109 cm³/mol. The minimum Gasteiger partial charge on any atom is -0.497 e. The van der Waals surface area contributed by atoms with Crippen LogP contribution in [0.15, 0.2) is 24.3 Å². The number of carbonyl (C=O) groups excluding carboxylic acids is 3. The Morgan fingerprint density at radius 2 is 2.00 bits per heavy atom. The summed E-state index contributed by atoms with van der Waals surface area (Å²) in [6, 6.07) is 6.48. The summed E-state index contributed by atoms with van der Waals surface area (Å²) in [4.78, 5) is 37.9. The van der Waals surface area contributed by atoms with E-state index in [0.29, 0.717) is 22.2 Å². The van der Waals surface area contributed by atoms with Crippen molar-refractivity contribution in [3.05, 3.63) is 45.8 Å². The second-order valence-corrected chi connectivity index (χ2v) is 8.01. The van der Waals surface area contributed by atoms with Crippen LogP contribution in [0.25, 0.3) is 0 Å². The summed E-state index contributed by atoms with van der Waals surface area (Å²) in [6.07, 6.45) is 2.63. The molecule has 3 rings (SSSR count). The van der Waals surface area contributed by atoms with Gasteiger partial charge in [0.2, 0.25) is 0 Å². The Hall–Kier alpha value is -2.87. The number of rotatable bonds is 6. The maximum Gasteiger partial charge on any atom is 0.341 e. The van der Waals surface area contributed by atoms with Crippen LogP contribution < -0.4 is 10.1 Å². The molecule has 29 heavy (non-hydrogen) atoms. The zero-order valence-corrected chi connectivity index (χ0v) is 17.4. The van der Waals surface area contributed by atoms with Crippen molar-refractivity contribution in [2.45, 2.75) is 26.2 Å². The molecule has 0 bridgehead atoms. The normalized spacial score (nSPS) is 15.2. The quantitative estimate of drug-likeness (QED) is 0.724. The van der Waals surface area contributed by atoms with Crippen molar-refractivity contribution in [3.63, 3.8) is 0 Å². The molecule has 1 heterocycles. The van der Waals surface area contributed by atoms with E-state index < -0.39 is 24.5 Å². The van der Waals surface area contributed by atoms with Gasteiger partial charge in [-0.05, 0) is 48.9 Å². The number of anilines is 1. The summed E-state index contributed by atoms with van der Waals surface area (Å²) in [5.74, 6) is -0.575. The number of ether oxygens (including phenoxy) is 3. The van der Waals surface area contributed by atoms with Crippen LogP contribution in [-0.2, 0) is 27.1 Å². The molecule has 154 valence electrons. The molecule has 1 N–H and O–H groups in total. The topological polar surface area (TPSA) is 90.9 Å². The van der Waals surface area contributed by atoms with Gasteiger partial charge in [0, 0.05) is 4.88 Å². The van der Waals surface area contributed by atoms with Gasteiger partial charge in [-0.25, -0.2) is 9.59 Å². The number of hydrogen-bond acceptors (Lipinski definition) is 7. The second-order valence-electron chi connectivity index (χ2n) is 6.90. The molecule has 0 fully saturated rings. The molecule has 0 saturated heterocycles. The lowest BCUT2D eigenvalue weighted by atomic mass is 9.88. The molecule has 1 aromatic heterocycles. The highest BCUT2D eigenvalue weighted by Crippen LogP contribution is 2.40. The van der Waals surface area contributed by atoms with Crippen molar-refractivity contribution in [1.82, 2.24) is 0 Å². The molecule has 7 nitrogen and oxygen atoms in total. The lowest BCUT2D eigenvalue weighted by Crippen LogP contribution is -2.22.